The van der Waals surface area contributed by atoms with Gasteiger partial charge in [-0.05, 0) is 19.4 Å². The third-order valence-electron chi connectivity index (χ3n) is 5.08. The number of nitrogens with two attached hydrogens (primary N) is 1. The molecule has 1 heterocycles. The number of hydrogen-bond acceptors (Lipinski definition) is 13. The molecular weight excluding hydrogens is 436 g/mol. The number of carboxylic acids is 1. The normalized spacial score (nSPS) is 29.8. The van der Waals surface area contributed by atoms with E-state index in [9.17, 15) is 45.3 Å². The average Bonchev–Trinajstić information content (AvgIpc) is 2.77. The van der Waals surface area contributed by atoms with Gasteiger partial charge in [-0.3, -0.25) is 9.59 Å². The molecular formula is C18H34N2O12. The molecule has 0 radical (unpaired) electrons. The van der Waals surface area contributed by atoms with Gasteiger partial charge in [0.2, 0.25) is 0 Å². The van der Waals surface area contributed by atoms with E-state index in [1.165, 1.54) is 0 Å². The first-order chi connectivity index (χ1) is 15.0. The molecule has 1 saturated heterocycles. The first kappa shape index (κ1) is 28.7. The van der Waals surface area contributed by atoms with Crippen molar-refractivity contribution >= 4 is 11.8 Å². The van der Waals surface area contributed by atoms with Gasteiger partial charge in [-0.25, -0.2) is 0 Å². The second-order valence-corrected chi connectivity index (χ2v) is 7.58. The molecule has 0 aromatic carbocycles. The highest BCUT2D eigenvalue weighted by Crippen LogP contribution is 2.24. The molecule has 0 aromatic heterocycles. The highest BCUT2D eigenvalue weighted by atomic mass is 16.7. The fraction of sp³-hybridized carbons (Fsp3) is 0.889. The molecule has 0 bridgehead atoms. The Morgan fingerprint density at radius 2 is 1.72 bits per heavy atom. The molecule has 9 unspecified atom stereocenters. The number of ketones is 1. The number of rotatable bonds is 15. The number of aliphatic carboxylic acids is 1. The van der Waals surface area contributed by atoms with Crippen LogP contribution in [0.4, 0.5) is 0 Å². The summed E-state index contributed by atoms with van der Waals surface area (Å²) in [6.45, 7) is -1.69. The van der Waals surface area contributed by atoms with Crippen molar-refractivity contribution in [3.8, 4) is 0 Å². The van der Waals surface area contributed by atoms with E-state index in [1.807, 2.05) is 0 Å². The molecule has 1 fully saturated rings. The molecule has 0 amide bonds. The van der Waals surface area contributed by atoms with Crippen LogP contribution in [0.1, 0.15) is 19.3 Å². The van der Waals surface area contributed by atoms with Gasteiger partial charge in [-0.2, -0.15) is 0 Å². The summed E-state index contributed by atoms with van der Waals surface area (Å²) >= 11 is 0. The van der Waals surface area contributed by atoms with E-state index in [4.69, 9.17) is 20.3 Å². The quantitative estimate of drug-likeness (QED) is 0.100. The summed E-state index contributed by atoms with van der Waals surface area (Å²) < 4.78 is 10.4. The van der Waals surface area contributed by atoms with Crippen LogP contribution in [0, 0.1) is 0 Å². The van der Waals surface area contributed by atoms with Gasteiger partial charge in [0.05, 0.1) is 19.8 Å². The van der Waals surface area contributed by atoms with Gasteiger partial charge < -0.3 is 61.4 Å². The molecule has 14 heteroatoms. The minimum Gasteiger partial charge on any atom is -0.480 e. The molecule has 1 aliphatic heterocycles. The lowest BCUT2D eigenvalue weighted by Gasteiger charge is -2.41. The van der Waals surface area contributed by atoms with Crippen LogP contribution in [-0.4, -0.2) is 134 Å². The second kappa shape index (κ2) is 14.1. The third kappa shape index (κ3) is 8.24. The summed E-state index contributed by atoms with van der Waals surface area (Å²) in [6.07, 6.45) is -12.5. The Morgan fingerprint density at radius 1 is 1.06 bits per heavy atom. The summed E-state index contributed by atoms with van der Waals surface area (Å²) in [6, 6.07) is -0.973. The molecule has 0 spiro atoms. The Labute approximate surface area is 184 Å². The minimum absolute atomic E-state index is 0.255. The van der Waals surface area contributed by atoms with Gasteiger partial charge in [-0.15, -0.1) is 0 Å². The third-order valence-corrected chi connectivity index (χ3v) is 5.08. The topological polar surface area (TPSA) is 252 Å². The number of aliphatic hydroxyl groups is 7. The van der Waals surface area contributed by atoms with Crippen molar-refractivity contribution in [3.05, 3.63) is 0 Å². The number of Topliss-reactive ketones (excluding diaryl/α,β-unsaturated/α-hetero) is 1. The number of carboxylic acid groups (broad SMARTS) is 1. The van der Waals surface area contributed by atoms with E-state index < -0.39 is 80.0 Å². The average molecular weight is 470 g/mol. The maximum absolute atomic E-state index is 12.3. The monoisotopic (exact) mass is 470 g/mol. The summed E-state index contributed by atoms with van der Waals surface area (Å²) in [7, 11) is 0. The first-order valence-electron chi connectivity index (χ1n) is 10.2. The van der Waals surface area contributed by atoms with Gasteiger partial charge >= 0.3 is 5.97 Å². The molecule has 0 aliphatic carbocycles. The molecule has 9 atom stereocenters. The number of unbranched alkanes of at least 4 members (excludes halogenated alkanes) is 1. The summed E-state index contributed by atoms with van der Waals surface area (Å²) in [5, 5.41) is 79.8. The lowest BCUT2D eigenvalue weighted by Crippen LogP contribution is -2.61. The van der Waals surface area contributed by atoms with Crippen LogP contribution >= 0.6 is 0 Å². The first-order valence-corrected chi connectivity index (χ1v) is 10.2. The van der Waals surface area contributed by atoms with E-state index in [2.05, 4.69) is 5.32 Å². The molecule has 11 N–H and O–H groups in total. The van der Waals surface area contributed by atoms with E-state index in [-0.39, 0.29) is 13.0 Å². The Balaban J connectivity index is 2.61. The van der Waals surface area contributed by atoms with Gasteiger partial charge in [0.1, 0.15) is 48.8 Å². The summed E-state index contributed by atoms with van der Waals surface area (Å²) in [5.74, 6) is -1.93. The Hall–Kier alpha value is -1.30. The van der Waals surface area contributed by atoms with E-state index in [0.717, 1.165) is 0 Å². The summed E-state index contributed by atoms with van der Waals surface area (Å²) in [4.78, 5) is 22.9. The largest absolute Gasteiger partial charge is 0.480 e. The van der Waals surface area contributed by atoms with Crippen LogP contribution in [0.3, 0.4) is 0 Å². The maximum atomic E-state index is 12.3. The van der Waals surface area contributed by atoms with Gasteiger partial charge in [0.15, 0.2) is 12.1 Å². The highest BCUT2D eigenvalue weighted by molar-refractivity contribution is 5.85. The van der Waals surface area contributed by atoms with Crippen molar-refractivity contribution in [1.29, 1.82) is 0 Å². The zero-order chi connectivity index (χ0) is 24.4. The van der Waals surface area contributed by atoms with Gasteiger partial charge in [0, 0.05) is 0 Å². The fourth-order valence-corrected chi connectivity index (χ4v) is 3.05. The van der Waals surface area contributed by atoms with Gasteiger partial charge in [-0.1, -0.05) is 6.42 Å². The number of carbonyl (C=O) groups excluding carboxylic acids is 1. The van der Waals surface area contributed by atoms with Crippen molar-refractivity contribution in [3.63, 3.8) is 0 Å². The zero-order valence-electron chi connectivity index (χ0n) is 17.4. The van der Waals surface area contributed by atoms with Crippen LogP contribution in [-0.2, 0) is 19.1 Å². The van der Waals surface area contributed by atoms with Crippen LogP contribution in [0.25, 0.3) is 0 Å². The van der Waals surface area contributed by atoms with Crippen LogP contribution in [0.5, 0.6) is 0 Å². The molecule has 14 nitrogen and oxygen atoms in total. The predicted octanol–water partition coefficient (Wildman–Crippen LogP) is -5.37. The smallest absolute Gasteiger partial charge is 0.320 e. The number of ether oxygens (including phenoxy) is 2. The van der Waals surface area contributed by atoms with Crippen molar-refractivity contribution in [2.24, 2.45) is 5.73 Å². The van der Waals surface area contributed by atoms with Crippen molar-refractivity contribution in [2.75, 3.05) is 26.3 Å². The van der Waals surface area contributed by atoms with Crippen molar-refractivity contribution in [2.45, 2.75) is 74.3 Å². The van der Waals surface area contributed by atoms with Crippen molar-refractivity contribution in [1.82, 2.24) is 5.32 Å². The lowest BCUT2D eigenvalue weighted by atomic mass is 9.98. The van der Waals surface area contributed by atoms with Gasteiger partial charge in [0.25, 0.3) is 0 Å². The van der Waals surface area contributed by atoms with Crippen LogP contribution in [0.2, 0.25) is 0 Å². The van der Waals surface area contributed by atoms with Crippen LogP contribution < -0.4 is 11.1 Å². The van der Waals surface area contributed by atoms with E-state index in [0.29, 0.717) is 19.4 Å². The second-order valence-electron chi connectivity index (χ2n) is 7.58. The zero-order valence-corrected chi connectivity index (χ0v) is 17.4. The minimum atomic E-state index is -1.96. The Kier molecular flexibility index (Phi) is 12.6. The van der Waals surface area contributed by atoms with Crippen LogP contribution in [0.15, 0.2) is 0 Å². The highest BCUT2D eigenvalue weighted by Gasteiger charge is 2.46. The standard InChI is InChI=1S/C18H34N2O12/c19-8(17(29)30)3-1-2-4-20-5-9(23)12(25)16(10(24)6-21)32-18-15(28)14(27)13(26)11(7-22)31-18/h8,10-16,18,20-22,24-28H,1-7,19H2,(H,29,30). The lowest BCUT2D eigenvalue weighted by molar-refractivity contribution is -0.323. The maximum Gasteiger partial charge on any atom is 0.320 e. The molecule has 32 heavy (non-hydrogen) atoms. The number of hydrogen-bond donors (Lipinski definition) is 10. The molecule has 0 aromatic rings. The molecule has 1 aliphatic rings. The SMILES string of the molecule is NC(CCCCNCC(=O)C(O)C(OC1OC(CO)C(O)C(O)C1O)C(O)CO)C(=O)O. The number of nitrogens with one attached hydrogen (secondary N) is 1. The summed E-state index contributed by atoms with van der Waals surface area (Å²) in [5.41, 5.74) is 5.38. The molecule has 188 valence electrons. The van der Waals surface area contributed by atoms with E-state index in [1.54, 1.807) is 0 Å². The van der Waals surface area contributed by atoms with E-state index >= 15 is 0 Å². The molecule has 0 saturated carbocycles. The fourth-order valence-electron chi connectivity index (χ4n) is 3.05. The Bertz CT molecular complexity index is 580. The van der Waals surface area contributed by atoms with Crippen molar-refractivity contribution < 1.29 is 59.9 Å². The number of carbonyl (C=O) groups is 2. The Morgan fingerprint density at radius 3 is 2.28 bits per heavy atom. The molecule has 1 rings (SSSR count). The predicted molar refractivity (Wildman–Crippen MR) is 105 cm³/mol. The number of aliphatic hydroxyl groups excluding tert-OH is 7.